The number of anilines is 1. The van der Waals surface area contributed by atoms with E-state index in [1.165, 1.54) is 11.8 Å². The minimum absolute atomic E-state index is 0.0128. The molecule has 1 N–H and O–H groups in total. The van der Waals surface area contributed by atoms with Crippen LogP contribution in [-0.4, -0.2) is 27.7 Å². The Kier molecular flexibility index (Phi) is 3.16. The van der Waals surface area contributed by atoms with Crippen LogP contribution in [0.4, 0.5) is 5.82 Å². The predicted octanol–water partition coefficient (Wildman–Crippen LogP) is 0.722. The zero-order valence-corrected chi connectivity index (χ0v) is 7.89. The van der Waals surface area contributed by atoms with E-state index in [1.54, 1.807) is 16.9 Å². The Hall–Kier alpha value is -0.970. The molecule has 5 heteroatoms. The van der Waals surface area contributed by atoms with Gasteiger partial charge >= 0.3 is 0 Å². The van der Waals surface area contributed by atoms with Crippen LogP contribution in [0.3, 0.4) is 0 Å². The summed E-state index contributed by atoms with van der Waals surface area (Å²) in [5, 5.41) is 6.68. The average Bonchev–Trinajstić information content (AvgIpc) is 2.36. The lowest BCUT2D eigenvalue weighted by atomic mass is 10.6. The van der Waals surface area contributed by atoms with Crippen molar-refractivity contribution in [3.05, 3.63) is 12.3 Å². The largest absolute Gasteiger partial charge is 0.308 e. The molecule has 0 aliphatic carbocycles. The molecule has 0 unspecified atom stereocenters. The van der Waals surface area contributed by atoms with E-state index < -0.39 is 0 Å². The van der Waals surface area contributed by atoms with E-state index in [4.69, 9.17) is 0 Å². The first-order valence-corrected chi connectivity index (χ1v) is 4.90. The summed E-state index contributed by atoms with van der Waals surface area (Å²) < 4.78 is 1.65. The molecule has 0 aliphatic heterocycles. The third-order valence-electron chi connectivity index (χ3n) is 1.26. The van der Waals surface area contributed by atoms with Crippen LogP contribution in [0.15, 0.2) is 12.3 Å². The van der Waals surface area contributed by atoms with Gasteiger partial charge in [-0.15, -0.1) is 0 Å². The molecule has 0 radical (unpaired) electrons. The van der Waals surface area contributed by atoms with Crippen LogP contribution in [0, 0.1) is 0 Å². The normalized spacial score (nSPS) is 9.83. The number of aromatic nitrogens is 2. The molecule has 0 aliphatic rings. The van der Waals surface area contributed by atoms with E-state index in [9.17, 15) is 4.79 Å². The number of rotatable bonds is 3. The maximum absolute atomic E-state index is 11.0. The lowest BCUT2D eigenvalue weighted by molar-refractivity contribution is -0.113. The summed E-state index contributed by atoms with van der Waals surface area (Å²) >= 11 is 1.49. The van der Waals surface area contributed by atoms with Gasteiger partial charge in [-0.25, -0.2) is 0 Å². The van der Waals surface area contributed by atoms with Crippen molar-refractivity contribution in [2.75, 3.05) is 17.3 Å². The van der Waals surface area contributed by atoms with E-state index in [0.717, 1.165) is 0 Å². The summed E-state index contributed by atoms with van der Waals surface area (Å²) in [6, 6.07) is 1.76. The summed E-state index contributed by atoms with van der Waals surface area (Å²) in [6.45, 7) is 0. The lowest BCUT2D eigenvalue weighted by Gasteiger charge is -1.97. The second-order valence-corrected chi connectivity index (χ2v) is 3.22. The zero-order chi connectivity index (χ0) is 8.97. The van der Waals surface area contributed by atoms with Gasteiger partial charge in [0.25, 0.3) is 0 Å². The van der Waals surface area contributed by atoms with Crippen molar-refractivity contribution in [1.82, 2.24) is 9.78 Å². The monoisotopic (exact) mass is 185 g/mol. The number of nitrogens with zero attached hydrogens (tertiary/aromatic N) is 2. The van der Waals surface area contributed by atoms with Gasteiger partial charge in [0.05, 0.1) is 5.75 Å². The maximum Gasteiger partial charge on any atom is 0.235 e. The summed E-state index contributed by atoms with van der Waals surface area (Å²) in [7, 11) is 1.81. The molecule has 1 rings (SSSR count). The van der Waals surface area contributed by atoms with Crippen LogP contribution in [0.25, 0.3) is 0 Å². The van der Waals surface area contributed by atoms with Gasteiger partial charge in [-0.05, 0) is 6.26 Å². The molecule has 12 heavy (non-hydrogen) atoms. The molecule has 0 atom stereocenters. The molecule has 0 spiro atoms. The van der Waals surface area contributed by atoms with E-state index in [2.05, 4.69) is 10.4 Å². The topological polar surface area (TPSA) is 46.9 Å². The number of thioether (sulfide) groups is 1. The first kappa shape index (κ1) is 9.12. The number of aryl methyl sites for hydroxylation is 1. The predicted molar refractivity (Wildman–Crippen MR) is 50.2 cm³/mol. The quantitative estimate of drug-likeness (QED) is 0.755. The van der Waals surface area contributed by atoms with Gasteiger partial charge in [0.2, 0.25) is 5.91 Å². The van der Waals surface area contributed by atoms with Crippen LogP contribution in [-0.2, 0) is 11.8 Å². The highest BCUT2D eigenvalue weighted by atomic mass is 32.2. The Morgan fingerprint density at radius 1 is 1.83 bits per heavy atom. The number of hydrogen-bond acceptors (Lipinski definition) is 3. The van der Waals surface area contributed by atoms with Crippen molar-refractivity contribution >= 4 is 23.5 Å². The Morgan fingerprint density at radius 2 is 2.58 bits per heavy atom. The van der Waals surface area contributed by atoms with Crippen molar-refractivity contribution in [3.8, 4) is 0 Å². The van der Waals surface area contributed by atoms with E-state index in [-0.39, 0.29) is 5.91 Å². The van der Waals surface area contributed by atoms with Gasteiger partial charge in [-0.3, -0.25) is 9.48 Å². The Balaban J connectivity index is 2.46. The number of carbonyl (C=O) groups excluding carboxylic acids is 1. The SMILES string of the molecule is CSCC(=O)Nc1ccn(C)n1. The molecule has 4 nitrogen and oxygen atoms in total. The molecule has 0 aromatic carbocycles. The highest BCUT2D eigenvalue weighted by Gasteiger charge is 2.01. The van der Waals surface area contributed by atoms with Crippen LogP contribution in [0.2, 0.25) is 0 Å². The molecule has 0 saturated carbocycles. The van der Waals surface area contributed by atoms with Gasteiger partial charge < -0.3 is 5.32 Å². The maximum atomic E-state index is 11.0. The van der Waals surface area contributed by atoms with E-state index in [0.29, 0.717) is 11.6 Å². The molecule has 1 amide bonds. The Labute approximate surface area is 75.3 Å². The molecule has 1 heterocycles. The highest BCUT2D eigenvalue weighted by Crippen LogP contribution is 2.01. The van der Waals surface area contributed by atoms with Crippen molar-refractivity contribution in [1.29, 1.82) is 0 Å². The zero-order valence-electron chi connectivity index (χ0n) is 7.07. The van der Waals surface area contributed by atoms with Gasteiger partial charge in [-0.1, -0.05) is 0 Å². The molecule has 0 bridgehead atoms. The molecular weight excluding hydrogens is 174 g/mol. The van der Waals surface area contributed by atoms with Crippen molar-refractivity contribution in [3.63, 3.8) is 0 Å². The standard InChI is InChI=1S/C7H11N3OS/c1-10-4-3-6(9-10)8-7(11)5-12-2/h3-4H,5H2,1-2H3,(H,8,9,11). The number of hydrogen-bond donors (Lipinski definition) is 1. The van der Waals surface area contributed by atoms with Crippen molar-refractivity contribution in [2.24, 2.45) is 7.05 Å². The first-order valence-electron chi connectivity index (χ1n) is 3.51. The molecule has 0 fully saturated rings. The van der Waals surface area contributed by atoms with Crippen molar-refractivity contribution < 1.29 is 4.79 Å². The fourth-order valence-electron chi connectivity index (χ4n) is 0.792. The molecular formula is C7H11N3OS. The minimum atomic E-state index is -0.0128. The summed E-state index contributed by atoms with van der Waals surface area (Å²) in [5.41, 5.74) is 0. The van der Waals surface area contributed by atoms with Crippen LogP contribution in [0.5, 0.6) is 0 Å². The van der Waals surface area contributed by atoms with Gasteiger partial charge in [-0.2, -0.15) is 16.9 Å². The third kappa shape index (κ3) is 2.58. The second-order valence-electron chi connectivity index (χ2n) is 2.36. The van der Waals surface area contributed by atoms with Gasteiger partial charge in [0, 0.05) is 19.3 Å². The molecule has 66 valence electrons. The third-order valence-corrected chi connectivity index (χ3v) is 1.81. The number of amides is 1. The first-order chi connectivity index (χ1) is 5.72. The molecule has 0 saturated heterocycles. The Morgan fingerprint density at radius 3 is 3.08 bits per heavy atom. The van der Waals surface area contributed by atoms with Crippen molar-refractivity contribution in [2.45, 2.75) is 0 Å². The summed E-state index contributed by atoms with van der Waals surface area (Å²) in [5.74, 6) is 1.06. The number of carbonyl (C=O) groups is 1. The van der Waals surface area contributed by atoms with Crippen LogP contribution in [0.1, 0.15) is 0 Å². The van der Waals surface area contributed by atoms with E-state index >= 15 is 0 Å². The molecule has 1 aromatic rings. The molecule has 1 aromatic heterocycles. The minimum Gasteiger partial charge on any atom is -0.308 e. The average molecular weight is 185 g/mol. The summed E-state index contributed by atoms with van der Waals surface area (Å²) in [6.07, 6.45) is 3.67. The summed E-state index contributed by atoms with van der Waals surface area (Å²) in [4.78, 5) is 11.0. The highest BCUT2D eigenvalue weighted by molar-refractivity contribution is 7.99. The van der Waals surface area contributed by atoms with E-state index in [1.807, 2.05) is 13.3 Å². The second kappa shape index (κ2) is 4.15. The van der Waals surface area contributed by atoms with Crippen LogP contribution < -0.4 is 5.32 Å². The van der Waals surface area contributed by atoms with Gasteiger partial charge in [0.1, 0.15) is 0 Å². The Bertz CT molecular complexity index is 271. The lowest BCUT2D eigenvalue weighted by Crippen LogP contribution is -2.14. The van der Waals surface area contributed by atoms with Crippen LogP contribution >= 0.6 is 11.8 Å². The van der Waals surface area contributed by atoms with Gasteiger partial charge in [0.15, 0.2) is 5.82 Å². The fraction of sp³-hybridized carbons (Fsp3) is 0.429. The smallest absolute Gasteiger partial charge is 0.235 e. The fourth-order valence-corrected chi connectivity index (χ4v) is 1.13. The number of nitrogens with one attached hydrogen (secondary N) is 1.